The van der Waals surface area contributed by atoms with Crippen molar-refractivity contribution < 1.29 is 13.2 Å². The number of benzene rings is 8. The predicted octanol–water partition coefficient (Wildman–Crippen LogP) is 15.8. The number of nitrogens with zero attached hydrogens (tertiary/aromatic N) is 6. The predicted molar refractivity (Wildman–Crippen MR) is 272 cm³/mol. The molecule has 70 heavy (non-hydrogen) atoms. The van der Waals surface area contributed by atoms with Crippen molar-refractivity contribution in [3.8, 4) is 79.4 Å². The average molecular weight is 909 g/mol. The lowest BCUT2D eigenvalue weighted by Gasteiger charge is -2.20. The van der Waals surface area contributed by atoms with Crippen LogP contribution < -0.4 is 0 Å². The number of aromatic nitrogens is 4. The van der Waals surface area contributed by atoms with Crippen LogP contribution in [0.3, 0.4) is 0 Å². The lowest BCUT2D eigenvalue weighted by atomic mass is 9.95. The van der Waals surface area contributed by atoms with Gasteiger partial charge in [-0.2, -0.15) is 23.7 Å². The maximum absolute atomic E-state index is 14.8. The van der Waals surface area contributed by atoms with Crippen LogP contribution in [0, 0.1) is 22.7 Å². The summed E-state index contributed by atoms with van der Waals surface area (Å²) >= 11 is 0. The molecule has 0 bridgehead atoms. The zero-order chi connectivity index (χ0) is 47.5. The first-order valence-electron chi connectivity index (χ1n) is 22.6. The molecule has 0 aliphatic rings. The third kappa shape index (κ3) is 7.13. The highest BCUT2D eigenvalue weighted by atomic mass is 19.4. The molecule has 0 spiro atoms. The molecule has 6 nitrogen and oxygen atoms in total. The van der Waals surface area contributed by atoms with Crippen molar-refractivity contribution in [3.63, 3.8) is 0 Å². The monoisotopic (exact) mass is 908 g/mol. The molecule has 330 valence electrons. The van der Waals surface area contributed by atoms with Crippen LogP contribution in [0.25, 0.3) is 111 Å². The van der Waals surface area contributed by atoms with E-state index in [0.29, 0.717) is 16.9 Å². The van der Waals surface area contributed by atoms with Gasteiger partial charge in [0.2, 0.25) is 0 Å². The molecule has 0 unspecified atom stereocenters. The fourth-order valence-electron chi connectivity index (χ4n) is 9.79. The van der Waals surface area contributed by atoms with E-state index >= 15 is 0 Å². The molecular formula is C61H35F3N6. The van der Waals surface area contributed by atoms with E-state index in [1.807, 2.05) is 179 Å². The highest BCUT2D eigenvalue weighted by molar-refractivity contribution is 6.12. The number of hydrogen-bond acceptors (Lipinski definition) is 4. The molecule has 9 heteroatoms. The van der Waals surface area contributed by atoms with Crippen molar-refractivity contribution in [1.82, 2.24) is 19.1 Å². The van der Waals surface area contributed by atoms with Crippen LogP contribution in [0.1, 0.15) is 16.7 Å². The quantitative estimate of drug-likeness (QED) is 0.159. The summed E-state index contributed by atoms with van der Waals surface area (Å²) in [4.78, 5) is 9.59. The number of para-hydroxylation sites is 2. The van der Waals surface area contributed by atoms with Gasteiger partial charge in [-0.1, -0.05) is 133 Å². The molecule has 12 aromatic rings. The lowest BCUT2D eigenvalue weighted by molar-refractivity contribution is -0.137. The van der Waals surface area contributed by atoms with Crippen LogP contribution in [0.4, 0.5) is 13.2 Å². The average Bonchev–Trinajstić information content (AvgIpc) is 3.92. The first-order chi connectivity index (χ1) is 34.2. The summed E-state index contributed by atoms with van der Waals surface area (Å²) in [7, 11) is 0. The van der Waals surface area contributed by atoms with E-state index in [9.17, 15) is 23.7 Å². The molecule has 8 aromatic carbocycles. The van der Waals surface area contributed by atoms with Gasteiger partial charge in [-0.3, -0.25) is 9.97 Å². The molecule has 0 fully saturated rings. The Labute approximate surface area is 399 Å². The van der Waals surface area contributed by atoms with Gasteiger partial charge in [-0.05, 0) is 83.4 Å². The van der Waals surface area contributed by atoms with Crippen molar-refractivity contribution in [3.05, 3.63) is 229 Å². The summed E-state index contributed by atoms with van der Waals surface area (Å²) in [5.41, 5.74) is 11.0. The van der Waals surface area contributed by atoms with E-state index in [1.165, 1.54) is 6.07 Å². The Morgan fingerprint density at radius 1 is 0.386 bits per heavy atom. The van der Waals surface area contributed by atoms with Crippen LogP contribution in [-0.2, 0) is 6.18 Å². The number of hydrogen-bond donors (Lipinski definition) is 0. The van der Waals surface area contributed by atoms with Gasteiger partial charge in [0.05, 0.1) is 67.6 Å². The zero-order valence-corrected chi connectivity index (χ0v) is 37.0. The maximum atomic E-state index is 14.8. The van der Waals surface area contributed by atoms with Crippen LogP contribution >= 0.6 is 0 Å². The minimum Gasteiger partial charge on any atom is -0.309 e. The van der Waals surface area contributed by atoms with Crippen molar-refractivity contribution >= 4 is 43.6 Å². The number of halogens is 3. The molecular weight excluding hydrogens is 874 g/mol. The summed E-state index contributed by atoms with van der Waals surface area (Å²) in [5.74, 6) is 0. The van der Waals surface area contributed by atoms with Gasteiger partial charge >= 0.3 is 6.18 Å². The lowest BCUT2D eigenvalue weighted by Crippen LogP contribution is -2.07. The second-order valence-corrected chi connectivity index (χ2v) is 17.2. The Morgan fingerprint density at radius 3 is 1.36 bits per heavy atom. The first kappa shape index (κ1) is 41.8. The number of fused-ring (bicyclic) bond motifs is 6. The first-order valence-corrected chi connectivity index (χ1v) is 22.6. The molecule has 4 heterocycles. The van der Waals surface area contributed by atoms with Crippen molar-refractivity contribution in [2.45, 2.75) is 6.18 Å². The van der Waals surface area contributed by atoms with E-state index in [4.69, 9.17) is 9.97 Å². The van der Waals surface area contributed by atoms with Crippen molar-refractivity contribution in [2.24, 2.45) is 0 Å². The molecule has 0 N–H and O–H groups in total. The molecule has 0 atom stereocenters. The highest BCUT2D eigenvalue weighted by Crippen LogP contribution is 2.44. The third-order valence-electron chi connectivity index (χ3n) is 13.1. The van der Waals surface area contributed by atoms with Gasteiger partial charge in [-0.25, -0.2) is 0 Å². The number of rotatable bonds is 7. The Kier molecular flexibility index (Phi) is 9.94. The molecule has 0 amide bonds. The van der Waals surface area contributed by atoms with Gasteiger partial charge in [0.25, 0.3) is 0 Å². The van der Waals surface area contributed by atoms with Crippen LogP contribution in [-0.4, -0.2) is 19.1 Å². The maximum Gasteiger partial charge on any atom is 0.416 e. The fourth-order valence-corrected chi connectivity index (χ4v) is 9.79. The molecule has 0 radical (unpaired) electrons. The standard InChI is InChI=1S/C61H35F3N6/c62-61(63,64)47-28-38(34-65)27-45(29-47)52-33-57(69-55-17-9-7-15-48(55)50-23-19-41(30-58(50)69)43-21-25-53(67-36-43)39-11-3-1-4-12-39)46(35-66)32-60(52)70-56-18-10-8-16-49(56)51-24-20-42(31-59(51)70)44-22-26-54(68-37-44)40-13-5-2-6-14-40/h1-33,36-37H. The van der Waals surface area contributed by atoms with Crippen LogP contribution in [0.5, 0.6) is 0 Å². The molecule has 0 aliphatic carbocycles. The van der Waals surface area contributed by atoms with E-state index < -0.39 is 11.7 Å². The highest BCUT2D eigenvalue weighted by Gasteiger charge is 2.32. The van der Waals surface area contributed by atoms with E-state index in [1.54, 1.807) is 12.1 Å². The Morgan fingerprint density at radius 2 is 0.871 bits per heavy atom. The van der Waals surface area contributed by atoms with Gasteiger partial charge in [-0.15, -0.1) is 0 Å². The van der Waals surface area contributed by atoms with Gasteiger partial charge in [0.15, 0.2) is 0 Å². The van der Waals surface area contributed by atoms with Gasteiger partial charge < -0.3 is 9.13 Å². The van der Waals surface area contributed by atoms with Crippen LogP contribution in [0.15, 0.2) is 213 Å². The van der Waals surface area contributed by atoms with Gasteiger partial charge in [0.1, 0.15) is 6.07 Å². The van der Waals surface area contributed by atoms with Crippen LogP contribution in [0.2, 0.25) is 0 Å². The summed E-state index contributed by atoms with van der Waals surface area (Å²) in [6, 6.07) is 67.5. The normalized spacial score (nSPS) is 11.6. The second kappa shape index (κ2) is 16.6. The van der Waals surface area contributed by atoms with Crippen molar-refractivity contribution in [2.75, 3.05) is 0 Å². The minimum absolute atomic E-state index is 0.147. The fraction of sp³-hybridized carbons (Fsp3) is 0.0164. The SMILES string of the molecule is N#Cc1cc(-c2cc(-n3c4ccccc4c4ccc(-c5ccc(-c6ccccc6)nc5)cc43)c(C#N)cc2-n2c3ccccc3c3ccc(-c4ccc(-c5ccccc5)nc4)cc32)cc(C(F)(F)F)c1. The molecule has 12 rings (SSSR count). The Balaban J connectivity index is 1.11. The van der Waals surface area contributed by atoms with E-state index in [-0.39, 0.29) is 16.7 Å². The number of alkyl halides is 3. The zero-order valence-electron chi connectivity index (χ0n) is 37.0. The molecule has 0 aliphatic heterocycles. The summed E-state index contributed by atoms with van der Waals surface area (Å²) in [6.45, 7) is 0. The topological polar surface area (TPSA) is 83.2 Å². The third-order valence-corrected chi connectivity index (χ3v) is 13.1. The molecule has 0 saturated heterocycles. The Hall–Kier alpha value is -9.57. The molecule has 4 aromatic heterocycles. The Bertz CT molecular complexity index is 4100. The number of pyridine rings is 2. The smallest absolute Gasteiger partial charge is 0.309 e. The van der Waals surface area contributed by atoms with Crippen molar-refractivity contribution in [1.29, 1.82) is 10.5 Å². The largest absolute Gasteiger partial charge is 0.416 e. The minimum atomic E-state index is -4.75. The summed E-state index contributed by atoms with van der Waals surface area (Å²) in [5, 5.41) is 25.1. The van der Waals surface area contributed by atoms with E-state index in [0.717, 1.165) is 101 Å². The summed E-state index contributed by atoms with van der Waals surface area (Å²) in [6.07, 6.45) is -1.07. The number of nitriles is 2. The summed E-state index contributed by atoms with van der Waals surface area (Å²) < 4.78 is 48.4. The van der Waals surface area contributed by atoms with E-state index in [2.05, 4.69) is 24.3 Å². The second-order valence-electron chi connectivity index (χ2n) is 17.2. The molecule has 0 saturated carbocycles. The van der Waals surface area contributed by atoms with Gasteiger partial charge in [0, 0.05) is 61.8 Å².